The highest BCUT2D eigenvalue weighted by Crippen LogP contribution is 2.55. The molecule has 27 heavy (non-hydrogen) atoms. The van der Waals surface area contributed by atoms with Gasteiger partial charge in [0.2, 0.25) is 0 Å². The minimum absolute atomic E-state index is 0.124. The molecule has 1 unspecified atom stereocenters. The van der Waals surface area contributed by atoms with Crippen LogP contribution in [0.3, 0.4) is 0 Å². The van der Waals surface area contributed by atoms with E-state index in [1.807, 2.05) is 0 Å². The Balaban J connectivity index is 3.09. The third-order valence-electron chi connectivity index (χ3n) is 5.52. The molecule has 1 heterocycles. The SMILES string of the molecule is CCC1(CC)CCC(C)(CCOC(C(F)(F)F)(C(F)(F)F)C(F)(F)F)N1[O]. The lowest BCUT2D eigenvalue weighted by Crippen LogP contribution is -2.68. The van der Waals surface area contributed by atoms with Crippen LogP contribution < -0.4 is 0 Å². The number of hydrogen-bond acceptors (Lipinski definition) is 2. The van der Waals surface area contributed by atoms with Gasteiger partial charge in [-0.3, -0.25) is 0 Å². The molecule has 1 saturated heterocycles. The van der Waals surface area contributed by atoms with Crippen LogP contribution in [0.1, 0.15) is 52.9 Å². The van der Waals surface area contributed by atoms with Crippen molar-refractivity contribution in [3.63, 3.8) is 0 Å². The van der Waals surface area contributed by atoms with Gasteiger partial charge in [-0.2, -0.15) is 39.5 Å². The Labute approximate surface area is 150 Å². The molecule has 0 spiro atoms. The van der Waals surface area contributed by atoms with Gasteiger partial charge in [-0.1, -0.05) is 13.8 Å². The van der Waals surface area contributed by atoms with E-state index >= 15 is 0 Å². The van der Waals surface area contributed by atoms with E-state index in [-0.39, 0.29) is 6.42 Å². The number of rotatable bonds is 6. The van der Waals surface area contributed by atoms with Gasteiger partial charge >= 0.3 is 24.1 Å². The van der Waals surface area contributed by atoms with Crippen LogP contribution in [-0.2, 0) is 9.94 Å². The Hall–Kier alpha value is -0.750. The van der Waals surface area contributed by atoms with Gasteiger partial charge in [-0.15, -0.1) is 10.3 Å². The van der Waals surface area contributed by atoms with E-state index in [0.717, 1.165) is 0 Å². The summed E-state index contributed by atoms with van der Waals surface area (Å²) >= 11 is 0. The van der Waals surface area contributed by atoms with Gasteiger partial charge in [0.25, 0.3) is 0 Å². The molecule has 1 atom stereocenters. The summed E-state index contributed by atoms with van der Waals surface area (Å²) in [4.78, 5) is 0. The maximum absolute atomic E-state index is 12.8. The molecule has 0 amide bonds. The highest BCUT2D eigenvalue weighted by atomic mass is 19.4. The third-order valence-corrected chi connectivity index (χ3v) is 5.52. The topological polar surface area (TPSA) is 32.4 Å². The summed E-state index contributed by atoms with van der Waals surface area (Å²) in [5.41, 5.74) is -8.56. The molecule has 0 aliphatic carbocycles. The highest BCUT2D eigenvalue weighted by Gasteiger charge is 2.85. The molecule has 0 aromatic heterocycles. The minimum atomic E-state index is -6.77. The maximum Gasteiger partial charge on any atom is 0.435 e. The molecule has 1 aliphatic heterocycles. The molecule has 161 valence electrons. The molecule has 1 aliphatic rings. The largest absolute Gasteiger partial charge is 0.435 e. The zero-order valence-electron chi connectivity index (χ0n) is 14.9. The lowest BCUT2D eigenvalue weighted by Gasteiger charge is -2.40. The lowest BCUT2D eigenvalue weighted by molar-refractivity contribution is -0.458. The van der Waals surface area contributed by atoms with Gasteiger partial charge in [-0.05, 0) is 39.0 Å². The lowest BCUT2D eigenvalue weighted by atomic mass is 9.91. The number of nitrogens with zero attached hydrogens (tertiary/aromatic N) is 1. The number of hydrogen-bond donors (Lipinski definition) is 0. The molecular weight excluding hydrogens is 397 g/mol. The van der Waals surface area contributed by atoms with Gasteiger partial charge in [0.1, 0.15) is 0 Å². The van der Waals surface area contributed by atoms with Crippen molar-refractivity contribution in [2.24, 2.45) is 0 Å². The number of alkyl halides is 9. The number of hydroxylamine groups is 2. The second kappa shape index (κ2) is 7.25. The molecule has 0 aromatic rings. The summed E-state index contributed by atoms with van der Waals surface area (Å²) < 4.78 is 119. The number of halogens is 9. The summed E-state index contributed by atoms with van der Waals surface area (Å²) in [6.07, 6.45) is -19.8. The second-order valence-corrected chi connectivity index (χ2v) is 7.00. The van der Waals surface area contributed by atoms with E-state index < -0.39 is 48.2 Å². The third kappa shape index (κ3) is 3.89. The molecule has 3 nitrogen and oxygen atoms in total. The molecule has 0 bridgehead atoms. The first kappa shape index (κ1) is 24.3. The maximum atomic E-state index is 12.8. The van der Waals surface area contributed by atoms with E-state index in [4.69, 9.17) is 0 Å². The van der Waals surface area contributed by atoms with Crippen LogP contribution in [0.15, 0.2) is 0 Å². The Bertz CT molecular complexity index is 475. The normalized spacial score (nSPS) is 25.2. The van der Waals surface area contributed by atoms with Crippen molar-refractivity contribution in [2.45, 2.75) is 88.1 Å². The Kier molecular flexibility index (Phi) is 6.52. The summed E-state index contributed by atoms with van der Waals surface area (Å²) in [6.45, 7) is 3.18. The van der Waals surface area contributed by atoms with E-state index in [9.17, 15) is 44.7 Å². The molecule has 1 rings (SSSR count). The zero-order valence-corrected chi connectivity index (χ0v) is 14.9. The second-order valence-electron chi connectivity index (χ2n) is 7.00. The molecule has 12 heteroatoms. The smallest absolute Gasteiger partial charge is 0.351 e. The van der Waals surface area contributed by atoms with Crippen molar-refractivity contribution in [1.29, 1.82) is 0 Å². The van der Waals surface area contributed by atoms with Crippen LogP contribution in [-0.4, -0.2) is 46.9 Å². The van der Waals surface area contributed by atoms with E-state index in [2.05, 4.69) is 4.74 Å². The van der Waals surface area contributed by atoms with Crippen molar-refractivity contribution in [1.82, 2.24) is 5.06 Å². The average molecular weight is 418 g/mol. The van der Waals surface area contributed by atoms with Crippen molar-refractivity contribution >= 4 is 0 Å². The van der Waals surface area contributed by atoms with Crippen molar-refractivity contribution in [3.8, 4) is 0 Å². The van der Waals surface area contributed by atoms with Crippen LogP contribution in [0.5, 0.6) is 0 Å². The summed E-state index contributed by atoms with van der Waals surface area (Å²) in [5.74, 6) is 0. The van der Waals surface area contributed by atoms with Crippen LogP contribution in [0.25, 0.3) is 0 Å². The minimum Gasteiger partial charge on any atom is -0.351 e. The molecule has 0 aromatic carbocycles. The van der Waals surface area contributed by atoms with Crippen LogP contribution >= 0.6 is 0 Å². The average Bonchev–Trinajstić information content (AvgIpc) is 2.73. The van der Waals surface area contributed by atoms with E-state index in [0.29, 0.717) is 24.3 Å². The Morgan fingerprint density at radius 1 is 0.852 bits per heavy atom. The van der Waals surface area contributed by atoms with Gasteiger partial charge in [0, 0.05) is 11.1 Å². The van der Waals surface area contributed by atoms with Gasteiger partial charge < -0.3 is 4.74 Å². The van der Waals surface area contributed by atoms with Gasteiger partial charge in [-0.25, -0.2) is 0 Å². The predicted molar refractivity (Wildman–Crippen MR) is 74.9 cm³/mol. The fraction of sp³-hybridized carbons (Fsp3) is 1.00. The fourth-order valence-electron chi connectivity index (χ4n) is 3.55. The van der Waals surface area contributed by atoms with E-state index in [1.165, 1.54) is 6.92 Å². The Morgan fingerprint density at radius 3 is 1.56 bits per heavy atom. The first-order valence-electron chi connectivity index (χ1n) is 8.26. The zero-order chi connectivity index (χ0) is 21.5. The molecule has 0 saturated carbocycles. The van der Waals surface area contributed by atoms with Gasteiger partial charge in [0.15, 0.2) is 0 Å². The van der Waals surface area contributed by atoms with Crippen LogP contribution in [0, 0.1) is 0 Å². The van der Waals surface area contributed by atoms with Crippen LogP contribution in [0.2, 0.25) is 0 Å². The highest BCUT2D eigenvalue weighted by molar-refractivity contribution is 5.04. The first-order valence-corrected chi connectivity index (χ1v) is 8.26. The monoisotopic (exact) mass is 418 g/mol. The van der Waals surface area contributed by atoms with E-state index in [1.54, 1.807) is 13.8 Å². The van der Waals surface area contributed by atoms with Crippen molar-refractivity contribution < 1.29 is 49.5 Å². The van der Waals surface area contributed by atoms with Crippen molar-refractivity contribution in [3.05, 3.63) is 0 Å². The van der Waals surface area contributed by atoms with Gasteiger partial charge in [0.05, 0.1) is 6.61 Å². The number of ether oxygens (including phenoxy) is 1. The standard InChI is InChI=1S/C15H21F9NO2/c1-4-11(5-2)7-6-10(3,25(11)26)8-9-27-12(13(16,17)18,14(19,20)21)15(22,23)24/h4-9H2,1-3H3. The Morgan fingerprint density at radius 2 is 1.26 bits per heavy atom. The molecule has 0 N–H and O–H groups in total. The molecule has 1 fully saturated rings. The quantitative estimate of drug-likeness (QED) is 0.528. The molecule has 1 radical (unpaired) electrons. The molecular formula is C15H21F9NO2. The fourth-order valence-corrected chi connectivity index (χ4v) is 3.55. The summed E-state index contributed by atoms with van der Waals surface area (Å²) in [7, 11) is 0. The summed E-state index contributed by atoms with van der Waals surface area (Å²) in [5, 5.41) is 13.1. The predicted octanol–water partition coefficient (Wildman–Crippen LogP) is 5.58. The summed E-state index contributed by atoms with van der Waals surface area (Å²) in [6, 6.07) is 0. The van der Waals surface area contributed by atoms with Crippen molar-refractivity contribution in [2.75, 3.05) is 6.61 Å². The first-order chi connectivity index (χ1) is 11.9. The van der Waals surface area contributed by atoms with Crippen LogP contribution in [0.4, 0.5) is 39.5 Å².